The molecule has 13 heteroatoms. The van der Waals surface area contributed by atoms with E-state index in [0.717, 1.165) is 92.9 Å². The van der Waals surface area contributed by atoms with Gasteiger partial charge in [-0.1, -0.05) is 81.4 Å². The highest BCUT2D eigenvalue weighted by Crippen LogP contribution is 2.35. The van der Waals surface area contributed by atoms with Gasteiger partial charge in [-0.2, -0.15) is 0 Å². The molecule has 1 fully saturated rings. The highest BCUT2D eigenvalue weighted by molar-refractivity contribution is 7.21. The molecule has 12 nitrogen and oxygen atoms in total. The number of benzene rings is 3. The number of thiazole rings is 1. The fourth-order valence-corrected chi connectivity index (χ4v) is 7.70. The summed E-state index contributed by atoms with van der Waals surface area (Å²) in [5, 5.41) is 0.955. The first kappa shape index (κ1) is 38.9. The number of likely N-dealkylation sites (tertiary alicyclic amines) is 1. The summed E-state index contributed by atoms with van der Waals surface area (Å²) in [5.41, 5.74) is 11.4. The summed E-state index contributed by atoms with van der Waals surface area (Å²) < 4.78 is 4.99. The van der Waals surface area contributed by atoms with Crippen molar-refractivity contribution in [2.24, 2.45) is 11.7 Å². The van der Waals surface area contributed by atoms with Crippen LogP contribution in [0.5, 0.6) is 0 Å². The lowest BCUT2D eigenvalue weighted by Gasteiger charge is -2.23. The van der Waals surface area contributed by atoms with Gasteiger partial charge in [0.25, 0.3) is 0 Å². The summed E-state index contributed by atoms with van der Waals surface area (Å²) in [4.78, 5) is 60.4. The summed E-state index contributed by atoms with van der Waals surface area (Å²) in [6.07, 6.45) is 6.71. The maximum absolute atomic E-state index is 13.2. The topological polar surface area (TPSA) is 163 Å². The zero-order valence-electron chi connectivity index (χ0n) is 31.7. The van der Waals surface area contributed by atoms with E-state index in [0.29, 0.717) is 25.3 Å². The minimum atomic E-state index is -0.745. The maximum Gasteiger partial charge on any atom is 0.404 e. The van der Waals surface area contributed by atoms with Gasteiger partial charge >= 0.3 is 6.09 Å². The van der Waals surface area contributed by atoms with Crippen molar-refractivity contribution in [1.29, 1.82) is 0 Å². The molecule has 1 aliphatic rings. The van der Waals surface area contributed by atoms with Crippen LogP contribution >= 0.6 is 11.3 Å². The second kappa shape index (κ2) is 18.0. The van der Waals surface area contributed by atoms with Crippen LogP contribution in [-0.2, 0) is 27.3 Å². The molecule has 7 rings (SSSR count). The first-order chi connectivity index (χ1) is 26.6. The monoisotopic (exact) mass is 760 g/mol. The number of fused-ring (bicyclic) bond motifs is 1. The molecule has 4 heterocycles. The van der Waals surface area contributed by atoms with E-state index in [4.69, 9.17) is 9.97 Å². The zero-order chi connectivity index (χ0) is 38.9. The Morgan fingerprint density at radius 2 is 1.65 bits per heavy atom. The van der Waals surface area contributed by atoms with Gasteiger partial charge in [-0.15, -0.1) is 11.3 Å². The van der Waals surface area contributed by atoms with Crippen molar-refractivity contribution in [1.82, 2.24) is 34.7 Å². The average molecular weight is 761 g/mol. The van der Waals surface area contributed by atoms with E-state index in [-0.39, 0.29) is 17.9 Å². The number of nitrogens with one attached hydrogen (secondary N) is 2. The van der Waals surface area contributed by atoms with Crippen molar-refractivity contribution in [2.75, 3.05) is 20.2 Å². The highest BCUT2D eigenvalue weighted by Gasteiger charge is 2.32. The number of carbonyl (C=O) groups excluding carboxylic acids is 3. The predicted octanol–water partition coefficient (Wildman–Crippen LogP) is 8.15. The van der Waals surface area contributed by atoms with Crippen molar-refractivity contribution < 1.29 is 19.1 Å². The fourth-order valence-electron chi connectivity index (χ4n) is 6.69. The van der Waals surface area contributed by atoms with Gasteiger partial charge in [0.15, 0.2) is 0 Å². The second-order valence-corrected chi connectivity index (χ2v) is 15.1. The number of aromatic amines is 2. The van der Waals surface area contributed by atoms with Crippen LogP contribution in [0.15, 0.2) is 85.2 Å². The number of ether oxygens (including phenoxy) is 1. The number of nitrogens with two attached hydrogens (primary N) is 1. The van der Waals surface area contributed by atoms with Crippen LogP contribution in [0.25, 0.3) is 43.3 Å². The smallest absolute Gasteiger partial charge is 0.404 e. The number of aromatic nitrogens is 5. The molecule has 0 aliphatic carbocycles. The zero-order valence-corrected chi connectivity index (χ0v) is 32.6. The van der Waals surface area contributed by atoms with E-state index in [1.54, 1.807) is 11.3 Å². The molecule has 3 aromatic carbocycles. The standard InChI is InChI=1S/C40H43N7O2S.C2H5NO2/c1-4-18-46(37(48)20-26(2)3)25-36-41-23-32(43-36)28-12-14-29(15-13-28)40-45-31-17-16-30(22-35(31)50-40)33-24-42-39(44-33)34-11-8-19-47(34)38(49)21-27-9-6-5-7-10-27;1-5-2(3)4/h5-7,9-10,12-17,22-24,26,34H,4,8,11,18-21,25H2,1-3H3,(H,41,43)(H,42,44);1H3,(H2,3,4). The molecular weight excluding hydrogens is 713 g/mol. The van der Waals surface area contributed by atoms with Gasteiger partial charge < -0.3 is 30.2 Å². The number of primary amides is 1. The largest absolute Gasteiger partial charge is 0.453 e. The van der Waals surface area contributed by atoms with E-state index >= 15 is 0 Å². The number of rotatable bonds is 12. The molecule has 1 atom stereocenters. The Morgan fingerprint density at radius 3 is 2.36 bits per heavy atom. The molecule has 1 saturated heterocycles. The van der Waals surface area contributed by atoms with Crippen LogP contribution in [0.3, 0.4) is 0 Å². The first-order valence-electron chi connectivity index (χ1n) is 18.7. The normalized spacial score (nSPS) is 13.8. The van der Waals surface area contributed by atoms with Crippen molar-refractivity contribution in [3.05, 3.63) is 102 Å². The molecular formula is C42H48N8O4S. The number of imidazole rings is 2. The van der Waals surface area contributed by atoms with Gasteiger partial charge in [0.1, 0.15) is 16.7 Å². The van der Waals surface area contributed by atoms with Crippen LogP contribution < -0.4 is 5.73 Å². The predicted molar refractivity (Wildman–Crippen MR) is 216 cm³/mol. The Hall–Kier alpha value is -5.82. The van der Waals surface area contributed by atoms with Crippen LogP contribution in [0.4, 0.5) is 4.79 Å². The van der Waals surface area contributed by atoms with E-state index < -0.39 is 6.09 Å². The number of methoxy groups -OCH3 is 1. The Balaban J connectivity index is 0.000000967. The molecule has 1 aliphatic heterocycles. The van der Waals surface area contributed by atoms with E-state index in [2.05, 4.69) is 88.7 Å². The number of hydrogen-bond donors (Lipinski definition) is 3. The Labute approximate surface area is 325 Å². The summed E-state index contributed by atoms with van der Waals surface area (Å²) in [6, 6.07) is 24.5. The van der Waals surface area contributed by atoms with E-state index in [1.807, 2.05) is 52.5 Å². The van der Waals surface area contributed by atoms with Crippen molar-refractivity contribution in [2.45, 2.75) is 65.5 Å². The van der Waals surface area contributed by atoms with Gasteiger partial charge in [-0.25, -0.2) is 19.7 Å². The molecule has 0 saturated carbocycles. The summed E-state index contributed by atoms with van der Waals surface area (Å²) in [6.45, 7) is 8.19. The Bertz CT molecular complexity index is 2210. The Morgan fingerprint density at radius 1 is 0.964 bits per heavy atom. The summed E-state index contributed by atoms with van der Waals surface area (Å²) in [5.74, 6) is 2.27. The highest BCUT2D eigenvalue weighted by atomic mass is 32.1. The number of hydrogen-bond acceptors (Lipinski definition) is 8. The molecule has 3 amide bonds. The van der Waals surface area contributed by atoms with Crippen LogP contribution in [0, 0.1) is 5.92 Å². The molecule has 6 aromatic rings. The van der Waals surface area contributed by atoms with Crippen molar-refractivity contribution in [3.63, 3.8) is 0 Å². The molecule has 1 unspecified atom stereocenters. The maximum atomic E-state index is 13.2. The molecule has 3 aromatic heterocycles. The van der Waals surface area contributed by atoms with Gasteiger partial charge in [0.05, 0.1) is 60.1 Å². The lowest BCUT2D eigenvalue weighted by Crippen LogP contribution is -2.32. The molecule has 286 valence electrons. The summed E-state index contributed by atoms with van der Waals surface area (Å²) in [7, 11) is 1.22. The minimum Gasteiger partial charge on any atom is -0.453 e. The third-order valence-corrected chi connectivity index (χ3v) is 10.5. The minimum absolute atomic E-state index is 0.0373. The quantitative estimate of drug-likeness (QED) is 0.113. The van der Waals surface area contributed by atoms with Gasteiger partial charge in [-0.05, 0) is 48.4 Å². The van der Waals surface area contributed by atoms with Gasteiger partial charge in [-0.3, -0.25) is 9.59 Å². The van der Waals surface area contributed by atoms with Crippen molar-refractivity contribution in [3.8, 4) is 33.1 Å². The molecule has 4 N–H and O–H groups in total. The van der Waals surface area contributed by atoms with Crippen LogP contribution in [0.2, 0.25) is 0 Å². The fraction of sp³-hybridized carbons (Fsp3) is 0.333. The molecule has 0 spiro atoms. The number of amides is 3. The second-order valence-electron chi connectivity index (χ2n) is 14.0. The third-order valence-electron chi connectivity index (χ3n) is 9.42. The van der Waals surface area contributed by atoms with E-state index in [1.165, 1.54) is 7.11 Å². The first-order valence-corrected chi connectivity index (χ1v) is 19.5. The lowest BCUT2D eigenvalue weighted by molar-refractivity contribution is -0.133. The molecule has 0 bridgehead atoms. The lowest BCUT2D eigenvalue weighted by atomic mass is 10.1. The van der Waals surface area contributed by atoms with Gasteiger partial charge in [0, 0.05) is 30.6 Å². The molecule has 0 radical (unpaired) electrons. The number of nitrogens with zero attached hydrogens (tertiary/aromatic N) is 5. The average Bonchev–Trinajstić information content (AvgIpc) is 4.01. The third kappa shape index (κ3) is 9.84. The summed E-state index contributed by atoms with van der Waals surface area (Å²) >= 11 is 1.66. The number of H-pyrrole nitrogens is 2. The van der Waals surface area contributed by atoms with Gasteiger partial charge in [0.2, 0.25) is 11.8 Å². The Kier molecular flexibility index (Phi) is 12.7. The molecule has 55 heavy (non-hydrogen) atoms. The van der Waals surface area contributed by atoms with E-state index in [9.17, 15) is 14.4 Å². The SMILES string of the molecule is CCCN(Cc1ncc(-c2ccc(-c3nc4ccc(-c5cnc(C6CCCN6C(=O)Cc6ccccc6)[nH]5)cc4s3)cc2)[nH]1)C(=O)CC(C)C.COC(N)=O. The van der Waals surface area contributed by atoms with Crippen LogP contribution in [-0.4, -0.2) is 72.8 Å². The van der Waals surface area contributed by atoms with Crippen molar-refractivity contribution >= 4 is 39.5 Å². The number of carbonyl (C=O) groups is 3. The van der Waals surface area contributed by atoms with Crippen LogP contribution in [0.1, 0.15) is 69.7 Å².